The minimum atomic E-state index is -3.70. The number of nitrogens with two attached hydrogens (primary N) is 1. The Hall–Kier alpha value is -1.60. The van der Waals surface area contributed by atoms with Crippen LogP contribution in [-0.2, 0) is 21.2 Å². The van der Waals surface area contributed by atoms with Crippen LogP contribution in [0.25, 0.3) is 0 Å². The highest BCUT2D eigenvalue weighted by atomic mass is 32.2. The molecule has 0 radical (unpaired) electrons. The fraction of sp³-hybridized carbons (Fsp3) is 0.462. The van der Waals surface area contributed by atoms with Gasteiger partial charge in [-0.25, -0.2) is 13.6 Å². The summed E-state index contributed by atoms with van der Waals surface area (Å²) in [6.45, 7) is 4.41. The molecule has 0 spiro atoms. The van der Waals surface area contributed by atoms with Gasteiger partial charge in [-0.2, -0.15) is 0 Å². The first-order valence-corrected chi connectivity index (χ1v) is 7.98. The number of aryl methyl sites for hydroxylation is 1. The quantitative estimate of drug-likeness (QED) is 0.728. The average molecular weight is 300 g/mol. The van der Waals surface area contributed by atoms with Crippen LogP contribution < -0.4 is 15.2 Å². The SMILES string of the molecule is CCC(=O)NCCOc1ccc(S(N)(=O)=O)cc1CC. The van der Waals surface area contributed by atoms with E-state index in [9.17, 15) is 13.2 Å². The standard InChI is InChI=1S/C13H20N2O4S/c1-3-10-9-11(20(14,17)18)5-6-12(10)19-8-7-15-13(16)4-2/h5-6,9H,3-4,7-8H2,1-2H3,(H,15,16)(H2,14,17,18). The van der Waals surface area contributed by atoms with Crippen molar-refractivity contribution in [2.45, 2.75) is 31.6 Å². The Morgan fingerprint density at radius 2 is 2.05 bits per heavy atom. The largest absolute Gasteiger partial charge is 0.491 e. The highest BCUT2D eigenvalue weighted by Gasteiger charge is 2.11. The van der Waals surface area contributed by atoms with Gasteiger partial charge in [0.25, 0.3) is 0 Å². The average Bonchev–Trinajstić information content (AvgIpc) is 2.42. The molecule has 0 aliphatic rings. The van der Waals surface area contributed by atoms with Crippen LogP contribution in [0.5, 0.6) is 5.75 Å². The molecule has 0 aromatic heterocycles. The van der Waals surface area contributed by atoms with Gasteiger partial charge < -0.3 is 10.1 Å². The van der Waals surface area contributed by atoms with Crippen LogP contribution in [0.15, 0.2) is 23.1 Å². The number of benzene rings is 1. The summed E-state index contributed by atoms with van der Waals surface area (Å²) >= 11 is 0. The van der Waals surface area contributed by atoms with Crippen LogP contribution in [0.4, 0.5) is 0 Å². The summed E-state index contributed by atoms with van der Waals surface area (Å²) in [7, 11) is -3.70. The fourth-order valence-corrected chi connectivity index (χ4v) is 2.19. The second kappa shape index (κ2) is 7.25. The Kier molecular flexibility index (Phi) is 5.97. The molecule has 6 nitrogen and oxygen atoms in total. The van der Waals surface area contributed by atoms with Gasteiger partial charge in [-0.1, -0.05) is 13.8 Å². The van der Waals surface area contributed by atoms with E-state index in [-0.39, 0.29) is 10.8 Å². The van der Waals surface area contributed by atoms with Gasteiger partial charge >= 0.3 is 0 Å². The molecule has 0 aliphatic heterocycles. The summed E-state index contributed by atoms with van der Waals surface area (Å²) in [4.78, 5) is 11.1. The Bertz CT molecular complexity index is 570. The molecule has 1 amide bonds. The summed E-state index contributed by atoms with van der Waals surface area (Å²) in [6, 6.07) is 4.50. The number of nitrogens with one attached hydrogen (secondary N) is 1. The van der Waals surface area contributed by atoms with Crippen molar-refractivity contribution in [3.8, 4) is 5.75 Å². The maximum atomic E-state index is 11.3. The molecule has 1 aromatic carbocycles. The number of rotatable bonds is 7. The number of hydrogen-bond acceptors (Lipinski definition) is 4. The van der Waals surface area contributed by atoms with Crippen LogP contribution in [0, 0.1) is 0 Å². The molecule has 0 saturated heterocycles. The molecule has 1 rings (SSSR count). The van der Waals surface area contributed by atoms with Crippen molar-refractivity contribution in [3.63, 3.8) is 0 Å². The Morgan fingerprint density at radius 1 is 1.35 bits per heavy atom. The van der Waals surface area contributed by atoms with Crippen molar-refractivity contribution in [2.24, 2.45) is 5.14 Å². The zero-order valence-corrected chi connectivity index (χ0v) is 12.5. The lowest BCUT2D eigenvalue weighted by Gasteiger charge is -2.12. The van der Waals surface area contributed by atoms with Crippen LogP contribution in [0.2, 0.25) is 0 Å². The van der Waals surface area contributed by atoms with E-state index >= 15 is 0 Å². The minimum Gasteiger partial charge on any atom is -0.491 e. The third-order valence-electron chi connectivity index (χ3n) is 2.74. The van der Waals surface area contributed by atoms with E-state index in [1.54, 1.807) is 13.0 Å². The summed E-state index contributed by atoms with van der Waals surface area (Å²) in [5, 5.41) is 7.78. The molecular weight excluding hydrogens is 280 g/mol. The molecule has 3 N–H and O–H groups in total. The molecule has 0 fully saturated rings. The third kappa shape index (κ3) is 4.82. The van der Waals surface area contributed by atoms with E-state index < -0.39 is 10.0 Å². The van der Waals surface area contributed by atoms with E-state index in [2.05, 4.69) is 5.32 Å². The van der Waals surface area contributed by atoms with E-state index in [0.717, 1.165) is 5.56 Å². The second-order valence-electron chi connectivity index (χ2n) is 4.22. The van der Waals surface area contributed by atoms with Gasteiger partial charge in [-0.3, -0.25) is 4.79 Å². The second-order valence-corrected chi connectivity index (χ2v) is 5.78. The number of primary sulfonamides is 1. The molecule has 0 heterocycles. The van der Waals surface area contributed by atoms with Crippen LogP contribution >= 0.6 is 0 Å². The number of ether oxygens (including phenoxy) is 1. The normalized spacial score (nSPS) is 11.2. The molecule has 0 aliphatic carbocycles. The number of sulfonamides is 1. The van der Waals surface area contributed by atoms with Crippen molar-refractivity contribution < 1.29 is 17.9 Å². The maximum Gasteiger partial charge on any atom is 0.238 e. The first kappa shape index (κ1) is 16.5. The van der Waals surface area contributed by atoms with Gasteiger partial charge in [-0.15, -0.1) is 0 Å². The van der Waals surface area contributed by atoms with Gasteiger partial charge in [0.15, 0.2) is 0 Å². The van der Waals surface area contributed by atoms with Gasteiger partial charge in [0.1, 0.15) is 12.4 Å². The monoisotopic (exact) mass is 300 g/mol. The summed E-state index contributed by atoms with van der Waals surface area (Å²) in [5.41, 5.74) is 0.762. The first-order chi connectivity index (χ1) is 9.38. The molecule has 0 saturated carbocycles. The van der Waals surface area contributed by atoms with Gasteiger partial charge in [-0.05, 0) is 30.2 Å². The molecule has 20 heavy (non-hydrogen) atoms. The van der Waals surface area contributed by atoms with E-state index in [1.165, 1.54) is 12.1 Å². The maximum absolute atomic E-state index is 11.3. The van der Waals surface area contributed by atoms with E-state index in [4.69, 9.17) is 9.88 Å². The van der Waals surface area contributed by atoms with E-state index in [0.29, 0.717) is 31.7 Å². The Labute approximate surface area is 119 Å². The van der Waals surface area contributed by atoms with Crippen molar-refractivity contribution >= 4 is 15.9 Å². The smallest absolute Gasteiger partial charge is 0.238 e. The lowest BCUT2D eigenvalue weighted by molar-refractivity contribution is -0.120. The predicted molar refractivity (Wildman–Crippen MR) is 76.0 cm³/mol. The lowest BCUT2D eigenvalue weighted by Crippen LogP contribution is -2.27. The van der Waals surface area contributed by atoms with Crippen LogP contribution in [-0.4, -0.2) is 27.5 Å². The Balaban J connectivity index is 2.69. The van der Waals surface area contributed by atoms with Gasteiger partial charge in [0.05, 0.1) is 11.4 Å². The first-order valence-electron chi connectivity index (χ1n) is 6.43. The molecule has 0 bridgehead atoms. The number of carbonyl (C=O) groups excluding carboxylic acids is 1. The van der Waals surface area contributed by atoms with Gasteiger partial charge in [0, 0.05) is 6.42 Å². The summed E-state index contributed by atoms with van der Waals surface area (Å²) in [5.74, 6) is 0.569. The Morgan fingerprint density at radius 3 is 2.60 bits per heavy atom. The molecule has 1 aromatic rings. The molecular formula is C13H20N2O4S. The number of carbonyl (C=O) groups is 1. The predicted octanol–water partition coefficient (Wildman–Crippen LogP) is 0.801. The van der Waals surface area contributed by atoms with Crippen molar-refractivity contribution in [1.82, 2.24) is 5.32 Å². The highest BCUT2D eigenvalue weighted by molar-refractivity contribution is 7.89. The number of hydrogen-bond donors (Lipinski definition) is 2. The van der Waals surface area contributed by atoms with E-state index in [1.807, 2.05) is 6.92 Å². The van der Waals surface area contributed by atoms with Gasteiger partial charge in [0.2, 0.25) is 15.9 Å². The van der Waals surface area contributed by atoms with Crippen molar-refractivity contribution in [1.29, 1.82) is 0 Å². The third-order valence-corrected chi connectivity index (χ3v) is 3.66. The lowest BCUT2D eigenvalue weighted by atomic mass is 10.1. The molecule has 112 valence electrons. The molecule has 0 atom stereocenters. The highest BCUT2D eigenvalue weighted by Crippen LogP contribution is 2.22. The summed E-state index contributed by atoms with van der Waals surface area (Å²) in [6.07, 6.45) is 1.06. The zero-order chi connectivity index (χ0) is 15.2. The summed E-state index contributed by atoms with van der Waals surface area (Å²) < 4.78 is 28.1. The fourth-order valence-electron chi connectivity index (χ4n) is 1.63. The topological polar surface area (TPSA) is 98.5 Å². The van der Waals surface area contributed by atoms with Crippen LogP contribution in [0.3, 0.4) is 0 Å². The van der Waals surface area contributed by atoms with Crippen molar-refractivity contribution in [2.75, 3.05) is 13.2 Å². The molecule has 0 unspecified atom stereocenters. The molecule has 7 heteroatoms. The zero-order valence-electron chi connectivity index (χ0n) is 11.7. The van der Waals surface area contributed by atoms with Crippen molar-refractivity contribution in [3.05, 3.63) is 23.8 Å². The minimum absolute atomic E-state index is 0.0334. The number of amides is 1. The van der Waals surface area contributed by atoms with Crippen LogP contribution in [0.1, 0.15) is 25.8 Å².